The van der Waals surface area contributed by atoms with Crippen molar-refractivity contribution in [3.8, 4) is 0 Å². The molecule has 1 fully saturated rings. The summed E-state index contributed by atoms with van der Waals surface area (Å²) in [6.45, 7) is 4.31. The summed E-state index contributed by atoms with van der Waals surface area (Å²) >= 11 is 0. The van der Waals surface area contributed by atoms with E-state index in [2.05, 4.69) is 32.0 Å². The molecule has 1 saturated carbocycles. The average Bonchev–Trinajstić information content (AvgIpc) is 2.85. The number of hydrogen-bond acceptors (Lipinski definition) is 1. The van der Waals surface area contributed by atoms with E-state index in [1.165, 1.54) is 29.5 Å². The Morgan fingerprint density at radius 1 is 1.23 bits per heavy atom. The third-order valence-corrected chi connectivity index (χ3v) is 3.01. The molecule has 0 spiro atoms. The van der Waals surface area contributed by atoms with Crippen molar-refractivity contribution >= 4 is 0 Å². The zero-order valence-corrected chi connectivity index (χ0v) is 8.38. The Bertz CT molecular complexity index is 293. The topological polar surface area (TPSA) is 26.0 Å². The summed E-state index contributed by atoms with van der Waals surface area (Å²) in [4.78, 5) is 0. The molecule has 2 N–H and O–H groups in total. The second kappa shape index (κ2) is 3.15. The maximum absolute atomic E-state index is 6.20. The first-order valence-electron chi connectivity index (χ1n) is 5.02. The molecular weight excluding hydrogens is 158 g/mol. The molecule has 0 saturated heterocycles. The Labute approximate surface area is 80.0 Å². The van der Waals surface area contributed by atoms with E-state index < -0.39 is 0 Å². The molecule has 0 unspecified atom stereocenters. The van der Waals surface area contributed by atoms with Crippen LogP contribution in [0.15, 0.2) is 18.2 Å². The molecule has 1 aliphatic carbocycles. The number of aryl methyl sites for hydroxylation is 2. The van der Waals surface area contributed by atoms with Gasteiger partial charge in [0.25, 0.3) is 0 Å². The van der Waals surface area contributed by atoms with Crippen LogP contribution in [0.3, 0.4) is 0 Å². The van der Waals surface area contributed by atoms with Crippen molar-refractivity contribution in [2.45, 2.75) is 32.7 Å². The fraction of sp³-hybridized carbons (Fsp3) is 0.500. The molecule has 0 heterocycles. The van der Waals surface area contributed by atoms with Gasteiger partial charge in [-0.25, -0.2) is 0 Å². The van der Waals surface area contributed by atoms with E-state index in [0.717, 1.165) is 5.92 Å². The molecule has 1 aliphatic rings. The van der Waals surface area contributed by atoms with Crippen molar-refractivity contribution in [2.75, 3.05) is 0 Å². The highest BCUT2D eigenvalue weighted by atomic mass is 14.7. The van der Waals surface area contributed by atoms with Gasteiger partial charge < -0.3 is 5.73 Å². The van der Waals surface area contributed by atoms with Crippen LogP contribution < -0.4 is 5.73 Å². The van der Waals surface area contributed by atoms with Gasteiger partial charge in [-0.15, -0.1) is 0 Å². The lowest BCUT2D eigenvalue weighted by molar-refractivity contribution is 0.626. The molecule has 1 atom stereocenters. The summed E-state index contributed by atoms with van der Waals surface area (Å²) in [5, 5.41) is 0. The Kier molecular flexibility index (Phi) is 2.12. The molecule has 1 nitrogen and oxygen atoms in total. The first kappa shape index (κ1) is 8.76. The van der Waals surface area contributed by atoms with E-state index in [9.17, 15) is 0 Å². The van der Waals surface area contributed by atoms with Gasteiger partial charge in [0.15, 0.2) is 0 Å². The zero-order chi connectivity index (χ0) is 9.42. The van der Waals surface area contributed by atoms with Crippen LogP contribution in [0.4, 0.5) is 0 Å². The zero-order valence-electron chi connectivity index (χ0n) is 8.38. The molecule has 0 aliphatic heterocycles. The molecule has 70 valence electrons. The predicted octanol–water partition coefficient (Wildman–Crippen LogP) is 2.71. The average molecular weight is 175 g/mol. The maximum Gasteiger partial charge on any atom is 0.0328 e. The Morgan fingerprint density at radius 2 is 1.77 bits per heavy atom. The van der Waals surface area contributed by atoms with Crippen molar-refractivity contribution in [3.05, 3.63) is 34.9 Å². The van der Waals surface area contributed by atoms with Gasteiger partial charge in [0.1, 0.15) is 0 Å². The summed E-state index contributed by atoms with van der Waals surface area (Å²) in [5.41, 5.74) is 10.3. The van der Waals surface area contributed by atoms with Crippen molar-refractivity contribution < 1.29 is 0 Å². The van der Waals surface area contributed by atoms with Crippen LogP contribution in [0.25, 0.3) is 0 Å². The van der Waals surface area contributed by atoms with Gasteiger partial charge in [0.2, 0.25) is 0 Å². The van der Waals surface area contributed by atoms with E-state index in [1.807, 2.05) is 0 Å². The van der Waals surface area contributed by atoms with Gasteiger partial charge in [-0.2, -0.15) is 0 Å². The van der Waals surface area contributed by atoms with E-state index >= 15 is 0 Å². The number of benzene rings is 1. The van der Waals surface area contributed by atoms with Crippen LogP contribution in [0.5, 0.6) is 0 Å². The highest BCUT2D eigenvalue weighted by Gasteiger charge is 2.30. The lowest BCUT2D eigenvalue weighted by Gasteiger charge is -2.16. The summed E-state index contributed by atoms with van der Waals surface area (Å²) in [5.74, 6) is 0.750. The largest absolute Gasteiger partial charge is 0.324 e. The molecular formula is C12H17N. The highest BCUT2D eigenvalue weighted by Crippen LogP contribution is 2.41. The lowest BCUT2D eigenvalue weighted by Crippen LogP contribution is -2.15. The molecule has 0 amide bonds. The third kappa shape index (κ3) is 1.61. The second-order valence-corrected chi connectivity index (χ2v) is 4.17. The van der Waals surface area contributed by atoms with Crippen LogP contribution in [0, 0.1) is 19.8 Å². The Balaban J connectivity index is 2.36. The van der Waals surface area contributed by atoms with Gasteiger partial charge in [-0.1, -0.05) is 18.2 Å². The fourth-order valence-corrected chi connectivity index (χ4v) is 2.04. The molecule has 2 rings (SSSR count). The molecule has 1 aromatic rings. The smallest absolute Gasteiger partial charge is 0.0328 e. The minimum atomic E-state index is 0.279. The van der Waals surface area contributed by atoms with Crippen molar-refractivity contribution in [2.24, 2.45) is 11.7 Å². The van der Waals surface area contributed by atoms with Crippen LogP contribution in [0.2, 0.25) is 0 Å². The Hall–Kier alpha value is -0.820. The van der Waals surface area contributed by atoms with Crippen LogP contribution >= 0.6 is 0 Å². The summed E-state index contributed by atoms with van der Waals surface area (Å²) in [7, 11) is 0. The molecule has 1 heteroatoms. The van der Waals surface area contributed by atoms with E-state index in [4.69, 9.17) is 5.73 Å². The minimum absolute atomic E-state index is 0.279. The normalized spacial score (nSPS) is 18.7. The SMILES string of the molecule is Cc1cccc(C)c1[C@@H](N)C1CC1. The predicted molar refractivity (Wildman–Crippen MR) is 55.6 cm³/mol. The van der Waals surface area contributed by atoms with Crippen LogP contribution in [-0.4, -0.2) is 0 Å². The number of hydrogen-bond donors (Lipinski definition) is 1. The van der Waals surface area contributed by atoms with Crippen molar-refractivity contribution in [1.29, 1.82) is 0 Å². The molecule has 1 aromatic carbocycles. The maximum atomic E-state index is 6.20. The second-order valence-electron chi connectivity index (χ2n) is 4.17. The molecule has 0 bridgehead atoms. The first-order valence-corrected chi connectivity index (χ1v) is 5.02. The van der Waals surface area contributed by atoms with Gasteiger partial charge in [0.05, 0.1) is 0 Å². The number of nitrogens with two attached hydrogens (primary N) is 1. The summed E-state index contributed by atoms with van der Waals surface area (Å²) in [6, 6.07) is 6.70. The standard InChI is InChI=1S/C12H17N/c1-8-4-3-5-9(2)11(8)12(13)10-6-7-10/h3-5,10,12H,6-7,13H2,1-2H3/t12-/m0/s1. The van der Waals surface area contributed by atoms with Gasteiger partial charge in [-0.05, 0) is 49.3 Å². The summed E-state index contributed by atoms with van der Waals surface area (Å²) < 4.78 is 0. The highest BCUT2D eigenvalue weighted by molar-refractivity contribution is 5.36. The van der Waals surface area contributed by atoms with Crippen molar-refractivity contribution in [1.82, 2.24) is 0 Å². The quantitative estimate of drug-likeness (QED) is 0.734. The Morgan fingerprint density at radius 3 is 2.23 bits per heavy atom. The fourth-order valence-electron chi connectivity index (χ4n) is 2.04. The third-order valence-electron chi connectivity index (χ3n) is 3.01. The molecule has 0 radical (unpaired) electrons. The van der Waals surface area contributed by atoms with E-state index in [-0.39, 0.29) is 6.04 Å². The van der Waals surface area contributed by atoms with E-state index in [1.54, 1.807) is 0 Å². The molecule has 13 heavy (non-hydrogen) atoms. The van der Waals surface area contributed by atoms with Crippen LogP contribution in [0.1, 0.15) is 35.6 Å². The van der Waals surface area contributed by atoms with Crippen LogP contribution in [-0.2, 0) is 0 Å². The minimum Gasteiger partial charge on any atom is -0.324 e. The lowest BCUT2D eigenvalue weighted by atomic mass is 9.94. The first-order chi connectivity index (χ1) is 6.20. The van der Waals surface area contributed by atoms with Gasteiger partial charge in [0, 0.05) is 6.04 Å². The van der Waals surface area contributed by atoms with Crippen molar-refractivity contribution in [3.63, 3.8) is 0 Å². The van der Waals surface area contributed by atoms with Gasteiger partial charge in [-0.3, -0.25) is 0 Å². The number of rotatable bonds is 2. The van der Waals surface area contributed by atoms with E-state index in [0.29, 0.717) is 0 Å². The summed E-state index contributed by atoms with van der Waals surface area (Å²) in [6.07, 6.45) is 2.63. The molecule has 0 aromatic heterocycles. The monoisotopic (exact) mass is 175 g/mol. The van der Waals surface area contributed by atoms with Gasteiger partial charge >= 0.3 is 0 Å².